The van der Waals surface area contributed by atoms with Crippen LogP contribution in [0.1, 0.15) is 11.4 Å². The molecule has 1 aromatic heterocycles. The van der Waals surface area contributed by atoms with Gasteiger partial charge >= 0.3 is 0 Å². The molecule has 0 spiro atoms. The minimum atomic E-state index is -0.646. The van der Waals surface area contributed by atoms with Crippen molar-refractivity contribution < 1.29 is 14.3 Å². The first-order chi connectivity index (χ1) is 14.0. The lowest BCUT2D eigenvalue weighted by Crippen LogP contribution is -2.43. The molecule has 1 N–H and O–H groups in total. The van der Waals surface area contributed by atoms with Crippen molar-refractivity contribution >= 4 is 28.4 Å². The highest BCUT2D eigenvalue weighted by Crippen LogP contribution is 2.31. The molecule has 1 unspecified atom stereocenters. The number of fused-ring (bicyclic) bond motifs is 2. The maximum Gasteiger partial charge on any atom is 0.264 e. The number of nitrogens with one attached hydrogen (secondary N) is 1. The van der Waals surface area contributed by atoms with Gasteiger partial charge in [-0.25, -0.2) is 4.98 Å². The van der Waals surface area contributed by atoms with Crippen molar-refractivity contribution in [2.75, 3.05) is 20.3 Å². The maximum atomic E-state index is 13.2. The molecule has 0 saturated carbocycles. The highest BCUT2D eigenvalue weighted by molar-refractivity contribution is 6.30. The average Bonchev–Trinajstić information content (AvgIpc) is 3.14. The number of methoxy groups -OCH3 is 1. The van der Waals surface area contributed by atoms with E-state index in [1.54, 1.807) is 42.3 Å². The van der Waals surface area contributed by atoms with Crippen LogP contribution in [0.3, 0.4) is 0 Å². The van der Waals surface area contributed by atoms with Gasteiger partial charge < -0.3 is 19.4 Å². The first kappa shape index (κ1) is 19.4. The second-order valence-corrected chi connectivity index (χ2v) is 7.28. The second-order valence-electron chi connectivity index (χ2n) is 6.85. The zero-order valence-electron chi connectivity index (χ0n) is 15.9. The Balaban J connectivity index is 1.56. The van der Waals surface area contributed by atoms with Gasteiger partial charge in [0.1, 0.15) is 11.6 Å². The average molecular weight is 414 g/mol. The van der Waals surface area contributed by atoms with E-state index < -0.39 is 6.10 Å². The first-order valence-corrected chi connectivity index (χ1v) is 9.63. The minimum absolute atomic E-state index is 0.152. The van der Waals surface area contributed by atoms with Crippen LogP contribution in [0, 0.1) is 0 Å². The molecular formula is C21H20ClN3O4. The molecule has 150 valence electrons. The summed E-state index contributed by atoms with van der Waals surface area (Å²) < 4.78 is 11.0. The smallest absolute Gasteiger partial charge is 0.264 e. The summed E-state index contributed by atoms with van der Waals surface area (Å²) in [7, 11) is 1.57. The Morgan fingerprint density at radius 3 is 3.00 bits per heavy atom. The van der Waals surface area contributed by atoms with Gasteiger partial charge in [0.2, 0.25) is 0 Å². The van der Waals surface area contributed by atoms with Crippen molar-refractivity contribution in [3.05, 3.63) is 69.2 Å². The van der Waals surface area contributed by atoms with Crippen molar-refractivity contribution in [2.45, 2.75) is 19.1 Å². The number of carbonyl (C=O) groups is 1. The number of aromatic amines is 1. The van der Waals surface area contributed by atoms with E-state index in [1.807, 2.05) is 12.1 Å². The molecule has 2 heterocycles. The normalized spacial score (nSPS) is 15.2. The van der Waals surface area contributed by atoms with Crippen molar-refractivity contribution in [3.63, 3.8) is 0 Å². The van der Waals surface area contributed by atoms with Crippen molar-refractivity contribution in [1.82, 2.24) is 14.9 Å². The Kier molecular flexibility index (Phi) is 5.51. The summed E-state index contributed by atoms with van der Waals surface area (Å²) in [5.74, 6) is 0.888. The van der Waals surface area contributed by atoms with Gasteiger partial charge in [0, 0.05) is 25.1 Å². The molecular weight excluding hydrogens is 394 g/mol. The van der Waals surface area contributed by atoms with E-state index in [9.17, 15) is 9.59 Å². The molecule has 2 aromatic carbocycles. The van der Waals surface area contributed by atoms with E-state index in [4.69, 9.17) is 21.1 Å². The molecule has 0 bridgehead atoms. The molecule has 7 nitrogen and oxygen atoms in total. The molecule has 1 aliphatic heterocycles. The number of nitrogens with zero attached hydrogens (tertiary/aromatic N) is 2. The zero-order valence-corrected chi connectivity index (χ0v) is 16.6. The summed E-state index contributed by atoms with van der Waals surface area (Å²) >= 11 is 6.04. The lowest BCUT2D eigenvalue weighted by molar-refractivity contribution is -0.139. The predicted molar refractivity (Wildman–Crippen MR) is 109 cm³/mol. The summed E-state index contributed by atoms with van der Waals surface area (Å²) in [5.41, 5.74) is 1.26. The van der Waals surface area contributed by atoms with Crippen LogP contribution in [0.25, 0.3) is 10.9 Å². The SMILES string of the molecule is COCCN(Cc1nc2ccccc2c(=O)[nH]1)C(=O)C1Cc2cc(Cl)ccc2O1. The zero-order chi connectivity index (χ0) is 20.4. The number of halogens is 1. The molecule has 3 aromatic rings. The fourth-order valence-corrected chi connectivity index (χ4v) is 3.61. The van der Waals surface area contributed by atoms with E-state index >= 15 is 0 Å². The number of rotatable bonds is 6. The summed E-state index contributed by atoms with van der Waals surface area (Å²) in [6, 6.07) is 12.4. The van der Waals surface area contributed by atoms with Crippen molar-refractivity contribution in [2.24, 2.45) is 0 Å². The van der Waals surface area contributed by atoms with Gasteiger partial charge in [-0.05, 0) is 35.9 Å². The van der Waals surface area contributed by atoms with Crippen LogP contribution in [-0.4, -0.2) is 47.1 Å². The number of ether oxygens (including phenoxy) is 2. The molecule has 4 rings (SSSR count). The molecule has 1 atom stereocenters. The number of hydrogen-bond acceptors (Lipinski definition) is 5. The topological polar surface area (TPSA) is 84.5 Å². The lowest BCUT2D eigenvalue weighted by atomic mass is 10.1. The van der Waals surface area contributed by atoms with Crippen LogP contribution < -0.4 is 10.3 Å². The maximum absolute atomic E-state index is 13.2. The lowest BCUT2D eigenvalue weighted by Gasteiger charge is -2.24. The second kappa shape index (κ2) is 8.23. The quantitative estimate of drug-likeness (QED) is 0.671. The fraction of sp³-hybridized carbons (Fsp3) is 0.286. The first-order valence-electron chi connectivity index (χ1n) is 9.26. The van der Waals surface area contributed by atoms with Crippen LogP contribution in [0.4, 0.5) is 0 Å². The third-order valence-corrected chi connectivity index (χ3v) is 5.09. The van der Waals surface area contributed by atoms with Gasteiger partial charge in [-0.3, -0.25) is 9.59 Å². The molecule has 0 radical (unpaired) electrons. The number of benzene rings is 2. The molecule has 8 heteroatoms. The van der Waals surface area contributed by atoms with Gasteiger partial charge in [0.15, 0.2) is 6.10 Å². The number of para-hydroxylation sites is 1. The van der Waals surface area contributed by atoms with Gasteiger partial charge in [0.05, 0.1) is 24.1 Å². The van der Waals surface area contributed by atoms with E-state index in [1.165, 1.54) is 0 Å². The van der Waals surface area contributed by atoms with Gasteiger partial charge in [0.25, 0.3) is 11.5 Å². The largest absolute Gasteiger partial charge is 0.480 e. The van der Waals surface area contributed by atoms with Crippen molar-refractivity contribution in [1.29, 1.82) is 0 Å². The standard InChI is InChI=1S/C21H20ClN3O4/c1-28-9-8-25(12-19-23-16-5-3-2-4-15(16)20(26)24-19)21(27)18-11-13-10-14(22)6-7-17(13)29-18/h2-7,10,18H,8-9,11-12H2,1H3,(H,23,24,26). The van der Waals surface area contributed by atoms with Crippen LogP contribution >= 0.6 is 11.6 Å². The Labute approximate surface area is 172 Å². The Hall–Kier alpha value is -2.90. The fourth-order valence-electron chi connectivity index (χ4n) is 3.42. The Morgan fingerprint density at radius 2 is 2.17 bits per heavy atom. The highest BCUT2D eigenvalue weighted by Gasteiger charge is 2.32. The predicted octanol–water partition coefficient (Wildman–Crippen LogP) is 2.56. The van der Waals surface area contributed by atoms with E-state index in [2.05, 4.69) is 9.97 Å². The number of amides is 1. The molecule has 0 aliphatic carbocycles. The van der Waals surface area contributed by atoms with Crippen LogP contribution in [0.2, 0.25) is 5.02 Å². The number of aromatic nitrogens is 2. The number of carbonyl (C=O) groups excluding carboxylic acids is 1. The van der Waals surface area contributed by atoms with E-state index in [0.29, 0.717) is 47.1 Å². The summed E-state index contributed by atoms with van der Waals surface area (Å²) in [5, 5.41) is 1.12. The van der Waals surface area contributed by atoms with Crippen LogP contribution in [0.5, 0.6) is 5.75 Å². The van der Waals surface area contributed by atoms with Crippen molar-refractivity contribution in [3.8, 4) is 5.75 Å². The van der Waals surface area contributed by atoms with Gasteiger partial charge in [-0.2, -0.15) is 0 Å². The molecule has 29 heavy (non-hydrogen) atoms. The molecule has 0 saturated heterocycles. The monoisotopic (exact) mass is 413 g/mol. The highest BCUT2D eigenvalue weighted by atomic mass is 35.5. The number of H-pyrrole nitrogens is 1. The summed E-state index contributed by atoms with van der Waals surface area (Å²) in [6.45, 7) is 0.858. The van der Waals surface area contributed by atoms with Gasteiger partial charge in [-0.1, -0.05) is 23.7 Å². The summed E-state index contributed by atoms with van der Waals surface area (Å²) in [6.07, 6.45) is -0.202. The molecule has 0 fully saturated rings. The molecule has 1 amide bonds. The Bertz CT molecular complexity index is 1110. The third kappa shape index (κ3) is 4.11. The van der Waals surface area contributed by atoms with E-state index in [-0.39, 0.29) is 18.0 Å². The molecule has 1 aliphatic rings. The van der Waals surface area contributed by atoms with Gasteiger partial charge in [-0.15, -0.1) is 0 Å². The number of hydrogen-bond donors (Lipinski definition) is 1. The van der Waals surface area contributed by atoms with E-state index in [0.717, 1.165) is 5.56 Å². The minimum Gasteiger partial charge on any atom is -0.480 e. The third-order valence-electron chi connectivity index (χ3n) is 4.85. The Morgan fingerprint density at radius 1 is 1.34 bits per heavy atom. The van der Waals surface area contributed by atoms with Crippen LogP contribution in [0.15, 0.2) is 47.3 Å². The summed E-state index contributed by atoms with van der Waals surface area (Å²) in [4.78, 5) is 34.3. The van der Waals surface area contributed by atoms with Crippen LogP contribution in [-0.2, 0) is 22.5 Å².